The van der Waals surface area contributed by atoms with Crippen molar-refractivity contribution < 1.29 is 0 Å². The van der Waals surface area contributed by atoms with Gasteiger partial charge in [0.2, 0.25) is 0 Å². The summed E-state index contributed by atoms with van der Waals surface area (Å²) in [4.78, 5) is 0. The van der Waals surface area contributed by atoms with E-state index in [2.05, 4.69) is 12.2 Å². The first-order chi connectivity index (χ1) is 3.47. The van der Waals surface area contributed by atoms with E-state index >= 15 is 0 Å². The Balaban J connectivity index is 2.20. The molecule has 0 bridgehead atoms. The van der Waals surface area contributed by atoms with Crippen molar-refractivity contribution in [1.82, 2.24) is 0 Å². The Labute approximate surface area is 43.5 Å². The van der Waals surface area contributed by atoms with Crippen LogP contribution < -0.4 is 0 Å². The van der Waals surface area contributed by atoms with Crippen molar-refractivity contribution in [2.75, 3.05) is 0 Å². The molecular weight excluding hydrogens is 84.1 g/mol. The molecule has 35 valence electrons. The molecule has 1 radical (unpaired) electrons. The van der Waals surface area contributed by atoms with Crippen molar-refractivity contribution in [2.24, 2.45) is 0 Å². The van der Waals surface area contributed by atoms with Gasteiger partial charge in [-0.15, -0.1) is 0 Å². The van der Waals surface area contributed by atoms with Gasteiger partial charge in [-0.05, 0) is 36.5 Å². The molecule has 0 saturated heterocycles. The maximum Gasteiger partial charge on any atom is -0.00916 e. The van der Waals surface area contributed by atoms with Crippen LogP contribution in [0.25, 0.3) is 0 Å². The Morgan fingerprint density at radius 1 is 1.57 bits per heavy atom. The van der Waals surface area contributed by atoms with Crippen molar-refractivity contribution in [3.63, 3.8) is 0 Å². The SMILES string of the molecule is [C]1=C(C2=CC2)CC1. The fourth-order valence-corrected chi connectivity index (χ4v) is 0.822. The van der Waals surface area contributed by atoms with Crippen LogP contribution in [0.1, 0.15) is 19.3 Å². The predicted octanol–water partition coefficient (Wildman–Crippen LogP) is 1.84. The first-order valence-electron chi connectivity index (χ1n) is 2.76. The monoisotopic (exact) mass is 91.1 g/mol. The van der Waals surface area contributed by atoms with E-state index < -0.39 is 0 Å². The van der Waals surface area contributed by atoms with Gasteiger partial charge in [-0.25, -0.2) is 0 Å². The van der Waals surface area contributed by atoms with E-state index in [4.69, 9.17) is 0 Å². The Hall–Kier alpha value is -0.520. The van der Waals surface area contributed by atoms with Gasteiger partial charge in [0.25, 0.3) is 0 Å². The predicted molar refractivity (Wildman–Crippen MR) is 28.7 cm³/mol. The van der Waals surface area contributed by atoms with Crippen molar-refractivity contribution in [1.29, 1.82) is 0 Å². The topological polar surface area (TPSA) is 0 Å². The minimum absolute atomic E-state index is 1.20. The normalized spacial score (nSPS) is 25.1. The maximum atomic E-state index is 3.26. The summed E-state index contributed by atoms with van der Waals surface area (Å²) in [5.74, 6) is 0. The number of rotatable bonds is 1. The summed E-state index contributed by atoms with van der Waals surface area (Å²) in [6, 6.07) is 0. The summed E-state index contributed by atoms with van der Waals surface area (Å²) in [7, 11) is 0. The van der Waals surface area contributed by atoms with E-state index in [9.17, 15) is 0 Å². The lowest BCUT2D eigenvalue weighted by Crippen LogP contribution is -1.90. The molecule has 0 unspecified atom stereocenters. The van der Waals surface area contributed by atoms with E-state index in [0.29, 0.717) is 0 Å². The van der Waals surface area contributed by atoms with Gasteiger partial charge in [-0.2, -0.15) is 0 Å². The molecule has 7 heavy (non-hydrogen) atoms. The first-order valence-corrected chi connectivity index (χ1v) is 2.76. The zero-order valence-corrected chi connectivity index (χ0v) is 4.20. The highest BCUT2D eigenvalue weighted by atomic mass is 14.2. The largest absolute Gasteiger partial charge is 0.0763 e. The fourth-order valence-electron chi connectivity index (χ4n) is 0.822. The zero-order chi connectivity index (χ0) is 4.69. The Morgan fingerprint density at radius 3 is 2.43 bits per heavy atom. The van der Waals surface area contributed by atoms with Crippen LogP contribution in [0.15, 0.2) is 17.2 Å². The standard InChI is InChI=1S/C7H7/c1-2-6(3-1)7-4-5-7/h4H,1-2,5H2. The van der Waals surface area contributed by atoms with Gasteiger partial charge in [0.15, 0.2) is 0 Å². The van der Waals surface area contributed by atoms with Gasteiger partial charge in [0.1, 0.15) is 0 Å². The van der Waals surface area contributed by atoms with E-state index in [-0.39, 0.29) is 0 Å². The van der Waals surface area contributed by atoms with Gasteiger partial charge in [0, 0.05) is 0 Å². The first kappa shape index (κ1) is 3.48. The van der Waals surface area contributed by atoms with E-state index in [1.807, 2.05) is 0 Å². The van der Waals surface area contributed by atoms with E-state index in [1.54, 1.807) is 5.57 Å². The van der Waals surface area contributed by atoms with Gasteiger partial charge in [-0.1, -0.05) is 6.08 Å². The zero-order valence-electron chi connectivity index (χ0n) is 4.20. The van der Waals surface area contributed by atoms with Crippen LogP contribution in [-0.2, 0) is 0 Å². The number of hydrogen-bond acceptors (Lipinski definition) is 0. The molecule has 0 nitrogen and oxygen atoms in total. The van der Waals surface area contributed by atoms with Crippen molar-refractivity contribution >= 4 is 0 Å². The van der Waals surface area contributed by atoms with E-state index in [0.717, 1.165) is 0 Å². The second-order valence-corrected chi connectivity index (χ2v) is 2.09. The van der Waals surface area contributed by atoms with Gasteiger partial charge >= 0.3 is 0 Å². The molecule has 0 aromatic rings. The van der Waals surface area contributed by atoms with Crippen molar-refractivity contribution in [3.05, 3.63) is 23.3 Å². The van der Waals surface area contributed by atoms with Crippen LogP contribution in [0.2, 0.25) is 0 Å². The molecule has 0 saturated carbocycles. The Morgan fingerprint density at radius 2 is 2.29 bits per heavy atom. The molecule has 0 heteroatoms. The Bertz CT molecular complexity index is 149. The van der Waals surface area contributed by atoms with Crippen LogP contribution in [0.4, 0.5) is 0 Å². The highest BCUT2D eigenvalue weighted by Crippen LogP contribution is 2.34. The van der Waals surface area contributed by atoms with Crippen LogP contribution in [0, 0.1) is 6.08 Å². The molecule has 0 spiro atoms. The molecule has 2 aliphatic carbocycles. The quantitative estimate of drug-likeness (QED) is 0.462. The molecular formula is C7H7. The lowest BCUT2D eigenvalue weighted by atomic mass is 9.97. The molecule has 2 rings (SSSR count). The number of hydrogen-bond donors (Lipinski definition) is 0. The van der Waals surface area contributed by atoms with Crippen LogP contribution in [0.3, 0.4) is 0 Å². The second kappa shape index (κ2) is 1.00. The van der Waals surface area contributed by atoms with E-state index in [1.165, 1.54) is 24.8 Å². The summed E-state index contributed by atoms with van der Waals surface area (Å²) in [5.41, 5.74) is 3.06. The second-order valence-electron chi connectivity index (χ2n) is 2.09. The summed E-state index contributed by atoms with van der Waals surface area (Å²) < 4.78 is 0. The molecule has 0 amide bonds. The average molecular weight is 91.1 g/mol. The smallest absolute Gasteiger partial charge is 0.00916 e. The molecule has 0 N–H and O–H groups in total. The fraction of sp³-hybridized carbons (Fsp3) is 0.429. The summed E-state index contributed by atoms with van der Waals surface area (Å²) in [6.45, 7) is 0. The molecule has 0 aliphatic heterocycles. The third-order valence-electron chi connectivity index (χ3n) is 1.51. The highest BCUT2D eigenvalue weighted by Gasteiger charge is 2.16. The summed E-state index contributed by atoms with van der Waals surface area (Å²) in [5, 5.41) is 0. The molecule has 0 heterocycles. The number of allylic oxidation sites excluding steroid dienone is 4. The van der Waals surface area contributed by atoms with Crippen LogP contribution in [0.5, 0.6) is 0 Å². The van der Waals surface area contributed by atoms with Crippen molar-refractivity contribution in [3.8, 4) is 0 Å². The van der Waals surface area contributed by atoms with Gasteiger partial charge in [-0.3, -0.25) is 0 Å². The molecule has 0 aromatic carbocycles. The van der Waals surface area contributed by atoms with Gasteiger partial charge in [0.05, 0.1) is 0 Å². The maximum absolute atomic E-state index is 3.26. The molecule has 2 aliphatic rings. The lowest BCUT2D eigenvalue weighted by Gasteiger charge is -2.08. The van der Waals surface area contributed by atoms with Gasteiger partial charge < -0.3 is 0 Å². The lowest BCUT2D eigenvalue weighted by molar-refractivity contribution is 0.863. The van der Waals surface area contributed by atoms with Crippen molar-refractivity contribution in [2.45, 2.75) is 19.3 Å². The minimum atomic E-state index is 1.20. The highest BCUT2D eigenvalue weighted by molar-refractivity contribution is 5.43. The van der Waals surface area contributed by atoms with Crippen LogP contribution in [-0.4, -0.2) is 0 Å². The summed E-state index contributed by atoms with van der Waals surface area (Å²) >= 11 is 0. The molecule has 0 fully saturated rings. The molecule has 0 atom stereocenters. The molecule has 0 aromatic heterocycles. The Kier molecular flexibility index (Phi) is 0.498. The average Bonchev–Trinajstić information content (AvgIpc) is 2.10. The summed E-state index contributed by atoms with van der Waals surface area (Å²) in [6.07, 6.45) is 9.27. The minimum Gasteiger partial charge on any atom is -0.0763 e. The van der Waals surface area contributed by atoms with Crippen LogP contribution >= 0.6 is 0 Å². The third kappa shape index (κ3) is 0.426. The third-order valence-corrected chi connectivity index (χ3v) is 1.51.